The van der Waals surface area contributed by atoms with Crippen LogP contribution in [-0.4, -0.2) is 29.4 Å². The molecule has 1 aromatic carbocycles. The first kappa shape index (κ1) is 20.2. The van der Waals surface area contributed by atoms with Gasteiger partial charge in [0.15, 0.2) is 15.8 Å². The van der Waals surface area contributed by atoms with E-state index >= 15 is 0 Å². The summed E-state index contributed by atoms with van der Waals surface area (Å²) < 4.78 is 9.28. The molecule has 0 aliphatic carbocycles. The fourth-order valence-corrected chi connectivity index (χ4v) is 4.48. The number of para-hydroxylation sites is 1. The van der Waals surface area contributed by atoms with Crippen LogP contribution in [0.3, 0.4) is 0 Å². The Bertz CT molecular complexity index is 1020. The Balaban J connectivity index is 1.99. The number of hydrogen-bond donors (Lipinski definition) is 0. The quantitative estimate of drug-likeness (QED) is 0.401. The van der Waals surface area contributed by atoms with Crippen LogP contribution in [0.5, 0.6) is 0 Å². The van der Waals surface area contributed by atoms with Gasteiger partial charge in [0.25, 0.3) is 0 Å². The standard InChI is InChI=1S/C19H25ClN4OSSi/c1-13-14(2)18(23-22-17(13)20)21-19-24(12-25-10-11-27(3,4)5)15-8-6-7-9-16(15)26-19/h6-9H,10-12H2,1-5H3/b21-19-. The molecule has 0 amide bonds. The fourth-order valence-electron chi connectivity index (χ4n) is 2.53. The van der Waals surface area contributed by atoms with Crippen LogP contribution in [0.1, 0.15) is 11.1 Å². The van der Waals surface area contributed by atoms with Crippen LogP contribution in [0.25, 0.3) is 10.2 Å². The summed E-state index contributed by atoms with van der Waals surface area (Å²) in [6.45, 7) is 12.2. The van der Waals surface area contributed by atoms with Crippen molar-refractivity contribution in [2.24, 2.45) is 4.99 Å². The van der Waals surface area contributed by atoms with E-state index in [1.807, 2.05) is 26.0 Å². The van der Waals surface area contributed by atoms with Gasteiger partial charge in [-0.05, 0) is 37.6 Å². The number of thiazole rings is 1. The highest BCUT2D eigenvalue weighted by molar-refractivity contribution is 7.16. The molecule has 3 aromatic rings. The average Bonchev–Trinajstić information content (AvgIpc) is 2.96. The smallest absolute Gasteiger partial charge is 0.194 e. The number of rotatable bonds is 6. The Hall–Kier alpha value is -1.54. The third-order valence-corrected chi connectivity index (χ3v) is 7.57. The van der Waals surface area contributed by atoms with Crippen molar-refractivity contribution < 1.29 is 4.74 Å². The van der Waals surface area contributed by atoms with Gasteiger partial charge in [0.2, 0.25) is 0 Å². The number of nitrogens with zero attached hydrogens (tertiary/aromatic N) is 4. The van der Waals surface area contributed by atoms with Gasteiger partial charge in [-0.2, -0.15) is 4.99 Å². The van der Waals surface area contributed by atoms with Gasteiger partial charge in [0, 0.05) is 20.2 Å². The first-order valence-electron chi connectivity index (χ1n) is 8.96. The lowest BCUT2D eigenvalue weighted by Crippen LogP contribution is -2.23. The number of aromatic nitrogens is 3. The summed E-state index contributed by atoms with van der Waals surface area (Å²) in [6.07, 6.45) is 0. The van der Waals surface area contributed by atoms with Gasteiger partial charge in [0.1, 0.15) is 6.73 Å². The molecule has 0 saturated carbocycles. The van der Waals surface area contributed by atoms with E-state index in [-0.39, 0.29) is 0 Å². The second kappa shape index (κ2) is 8.22. The Morgan fingerprint density at radius 3 is 2.63 bits per heavy atom. The Morgan fingerprint density at radius 2 is 1.89 bits per heavy atom. The van der Waals surface area contributed by atoms with Crippen LogP contribution in [0.15, 0.2) is 29.3 Å². The first-order valence-corrected chi connectivity index (χ1v) is 13.9. The van der Waals surface area contributed by atoms with Crippen molar-refractivity contribution >= 4 is 47.0 Å². The normalized spacial score (nSPS) is 12.9. The van der Waals surface area contributed by atoms with Crippen molar-refractivity contribution in [2.75, 3.05) is 6.61 Å². The van der Waals surface area contributed by atoms with Crippen LogP contribution in [0.2, 0.25) is 30.8 Å². The summed E-state index contributed by atoms with van der Waals surface area (Å²) >= 11 is 7.70. The topological polar surface area (TPSA) is 52.3 Å². The van der Waals surface area contributed by atoms with E-state index in [0.29, 0.717) is 17.7 Å². The van der Waals surface area contributed by atoms with E-state index in [2.05, 4.69) is 46.5 Å². The molecule has 2 aromatic heterocycles. The zero-order valence-electron chi connectivity index (χ0n) is 16.4. The van der Waals surface area contributed by atoms with Gasteiger partial charge in [-0.25, -0.2) is 0 Å². The number of halogens is 1. The molecule has 0 unspecified atom stereocenters. The van der Waals surface area contributed by atoms with Crippen molar-refractivity contribution in [1.82, 2.24) is 14.8 Å². The third-order valence-electron chi connectivity index (χ3n) is 4.45. The Morgan fingerprint density at radius 1 is 1.15 bits per heavy atom. The second-order valence-electron chi connectivity index (χ2n) is 7.80. The third kappa shape index (κ3) is 4.84. The molecule has 0 aliphatic rings. The molecular weight excluding hydrogens is 396 g/mol. The lowest BCUT2D eigenvalue weighted by Gasteiger charge is -2.15. The molecule has 3 rings (SSSR count). The zero-order valence-corrected chi connectivity index (χ0v) is 19.0. The minimum absolute atomic E-state index is 0.422. The van der Waals surface area contributed by atoms with Crippen LogP contribution in [0.4, 0.5) is 5.82 Å². The van der Waals surface area contributed by atoms with E-state index < -0.39 is 8.07 Å². The van der Waals surface area contributed by atoms with Gasteiger partial charge in [-0.3, -0.25) is 4.57 Å². The molecule has 0 saturated heterocycles. The molecule has 0 aliphatic heterocycles. The van der Waals surface area contributed by atoms with Crippen LogP contribution in [-0.2, 0) is 11.5 Å². The monoisotopic (exact) mass is 420 g/mol. The predicted molar refractivity (Wildman–Crippen MR) is 116 cm³/mol. The van der Waals surface area contributed by atoms with Crippen LogP contribution >= 0.6 is 22.9 Å². The maximum absolute atomic E-state index is 6.07. The predicted octanol–water partition coefficient (Wildman–Crippen LogP) is 5.31. The van der Waals surface area contributed by atoms with Gasteiger partial charge >= 0.3 is 0 Å². The molecule has 0 fully saturated rings. The van der Waals surface area contributed by atoms with E-state index in [0.717, 1.165) is 34.1 Å². The number of fused-ring (bicyclic) bond motifs is 1. The summed E-state index contributed by atoms with van der Waals surface area (Å²) in [5.41, 5.74) is 2.97. The largest absolute Gasteiger partial charge is 0.361 e. The molecule has 0 atom stereocenters. The highest BCUT2D eigenvalue weighted by Gasteiger charge is 2.13. The lowest BCUT2D eigenvalue weighted by atomic mass is 10.2. The van der Waals surface area contributed by atoms with E-state index in [9.17, 15) is 0 Å². The maximum atomic E-state index is 6.07. The summed E-state index contributed by atoms with van der Waals surface area (Å²) in [5, 5.41) is 8.62. The van der Waals surface area contributed by atoms with Gasteiger partial charge in [-0.1, -0.05) is 54.7 Å². The van der Waals surface area contributed by atoms with E-state index in [1.165, 1.54) is 4.70 Å². The minimum Gasteiger partial charge on any atom is -0.361 e. The highest BCUT2D eigenvalue weighted by Crippen LogP contribution is 2.23. The van der Waals surface area contributed by atoms with Crippen molar-refractivity contribution in [3.05, 3.63) is 45.3 Å². The Labute approximate surface area is 169 Å². The molecule has 0 spiro atoms. The van der Waals surface area contributed by atoms with Crippen molar-refractivity contribution in [1.29, 1.82) is 0 Å². The van der Waals surface area contributed by atoms with E-state index in [4.69, 9.17) is 21.3 Å². The number of benzene rings is 1. The van der Waals surface area contributed by atoms with Crippen molar-refractivity contribution in [3.8, 4) is 0 Å². The summed E-state index contributed by atoms with van der Waals surface area (Å²) in [5.74, 6) is 0.597. The van der Waals surface area contributed by atoms with Crippen molar-refractivity contribution in [3.63, 3.8) is 0 Å². The first-order chi connectivity index (χ1) is 12.8. The zero-order chi connectivity index (χ0) is 19.6. The summed E-state index contributed by atoms with van der Waals surface area (Å²) in [7, 11) is -1.11. The van der Waals surface area contributed by atoms with Crippen LogP contribution < -0.4 is 4.80 Å². The van der Waals surface area contributed by atoms with E-state index in [1.54, 1.807) is 11.3 Å². The fraction of sp³-hybridized carbons (Fsp3) is 0.421. The summed E-state index contributed by atoms with van der Waals surface area (Å²) in [4.78, 5) is 5.64. The van der Waals surface area contributed by atoms with Gasteiger partial charge < -0.3 is 4.74 Å². The number of hydrogen-bond acceptors (Lipinski definition) is 5. The minimum atomic E-state index is -1.11. The molecule has 5 nitrogen and oxygen atoms in total. The van der Waals surface area contributed by atoms with Crippen molar-refractivity contribution in [2.45, 2.75) is 46.3 Å². The molecule has 8 heteroatoms. The number of ether oxygens (including phenoxy) is 1. The molecule has 0 bridgehead atoms. The molecule has 0 radical (unpaired) electrons. The maximum Gasteiger partial charge on any atom is 0.194 e. The molecule has 0 N–H and O–H groups in total. The highest BCUT2D eigenvalue weighted by atomic mass is 35.5. The SMILES string of the molecule is Cc1c(Cl)nnc(/N=c2\sc3ccccc3n2COCC[Si](C)(C)C)c1C. The second-order valence-corrected chi connectivity index (χ2v) is 14.8. The molecule has 144 valence electrons. The lowest BCUT2D eigenvalue weighted by molar-refractivity contribution is 0.0884. The van der Waals surface area contributed by atoms with Crippen LogP contribution in [0, 0.1) is 13.8 Å². The molecule has 27 heavy (non-hydrogen) atoms. The van der Waals surface area contributed by atoms with Gasteiger partial charge in [-0.15, -0.1) is 10.2 Å². The average molecular weight is 421 g/mol. The molecular formula is C19H25ClN4OSSi. The molecule has 2 heterocycles. The Kier molecular flexibility index (Phi) is 6.15. The summed E-state index contributed by atoms with van der Waals surface area (Å²) in [6, 6.07) is 9.41. The van der Waals surface area contributed by atoms with Gasteiger partial charge in [0.05, 0.1) is 10.2 Å².